The number of para-hydroxylation sites is 1. The Morgan fingerprint density at radius 3 is 2.57 bits per heavy atom. The Morgan fingerprint density at radius 2 is 1.86 bits per heavy atom. The molecule has 1 aliphatic carbocycles. The van der Waals surface area contributed by atoms with Gasteiger partial charge in [0.05, 0.1) is 56.1 Å². The van der Waals surface area contributed by atoms with Crippen molar-refractivity contribution in [2.75, 3.05) is 52.2 Å². The number of rotatable bonds is 15. The van der Waals surface area contributed by atoms with Gasteiger partial charge in [0.2, 0.25) is 5.70 Å². The zero-order valence-corrected chi connectivity index (χ0v) is 41.0. The number of aromatic nitrogens is 4. The summed E-state index contributed by atoms with van der Waals surface area (Å²) in [6.07, 6.45) is 5.21. The summed E-state index contributed by atoms with van der Waals surface area (Å²) in [5.41, 5.74) is 8.67. The number of anilines is 1. The number of Topliss-reactive ketones (excluding diaryl/α,β-unsaturated/α-hetero) is 2. The van der Waals surface area contributed by atoms with E-state index in [0.717, 1.165) is 12.0 Å². The molecule has 3 aromatic carbocycles. The number of ketones is 2. The maximum absolute atomic E-state index is 15.6. The number of halogens is 1. The van der Waals surface area contributed by atoms with Crippen LogP contribution in [0.2, 0.25) is 0 Å². The largest absolute Gasteiger partial charge is 0.457 e. The van der Waals surface area contributed by atoms with Crippen molar-refractivity contribution in [1.29, 1.82) is 0 Å². The molecule has 2 atom stereocenters. The van der Waals surface area contributed by atoms with Crippen molar-refractivity contribution in [3.8, 4) is 22.8 Å². The minimum Gasteiger partial charge on any atom is -0.457 e. The fourth-order valence-electron chi connectivity index (χ4n) is 8.10. The van der Waals surface area contributed by atoms with Crippen molar-refractivity contribution < 1.29 is 75.3 Å². The molecule has 1 saturated carbocycles. The minimum absolute atomic E-state index is 0. The van der Waals surface area contributed by atoms with E-state index < -0.39 is 11.9 Å². The number of fused-ring (bicyclic) bond motifs is 2. The van der Waals surface area contributed by atoms with Crippen LogP contribution in [0.1, 0.15) is 48.0 Å². The van der Waals surface area contributed by atoms with Gasteiger partial charge in [0.1, 0.15) is 47.7 Å². The summed E-state index contributed by atoms with van der Waals surface area (Å²) in [6, 6.07) is 21.2. The topological polar surface area (TPSA) is 217 Å². The van der Waals surface area contributed by atoms with Crippen molar-refractivity contribution >= 4 is 52.9 Å². The third-order valence-corrected chi connectivity index (χ3v) is 11.5. The van der Waals surface area contributed by atoms with Crippen molar-refractivity contribution in [1.82, 2.24) is 39.8 Å². The van der Waals surface area contributed by atoms with Crippen LogP contribution in [0.15, 0.2) is 84.8 Å². The maximum Gasteiger partial charge on any atom is 0.252 e. The molecule has 3 N–H and O–H groups in total. The Balaban J connectivity index is 0.000000351. The number of carbonyl (C=O) groups excluding carboxylic acids is 6. The number of nitrogen functional groups attached to an aromatic ring is 1. The van der Waals surface area contributed by atoms with E-state index in [0.29, 0.717) is 93.3 Å². The zero-order chi connectivity index (χ0) is 48.7. The molecule has 18 nitrogen and oxygen atoms in total. The molecule has 1 radical (unpaired) electrons. The Hall–Kier alpha value is -6.72. The summed E-state index contributed by atoms with van der Waals surface area (Å²) in [6.45, 7) is 16.2. The van der Waals surface area contributed by atoms with Gasteiger partial charge in [-0.15, -0.1) is 5.56 Å². The number of hydrogen-bond acceptors (Lipinski definition) is 13. The van der Waals surface area contributed by atoms with Gasteiger partial charge < -0.3 is 51.7 Å². The molecule has 4 heterocycles. The Kier molecular flexibility index (Phi) is 19.7. The normalized spacial score (nSPS) is 16.4. The van der Waals surface area contributed by atoms with E-state index in [9.17, 15) is 24.0 Å². The molecule has 1 saturated heterocycles. The molecule has 357 valence electrons. The summed E-state index contributed by atoms with van der Waals surface area (Å²) >= 11 is 0. The minimum atomic E-state index is -0.554. The van der Waals surface area contributed by atoms with Gasteiger partial charge >= 0.3 is 0 Å². The monoisotopic (exact) mass is 1020 g/mol. The molecule has 3 aliphatic rings. The molecule has 2 aromatic heterocycles. The first-order valence-electron chi connectivity index (χ1n) is 21.8. The molecule has 20 heteroatoms. The molecular weight excluding hydrogens is 965 g/mol. The Labute approximate surface area is 424 Å². The van der Waals surface area contributed by atoms with Gasteiger partial charge in [0, 0.05) is 83.5 Å². The molecule has 3 amide bonds. The maximum atomic E-state index is 15.6. The van der Waals surface area contributed by atoms with Crippen LogP contribution < -0.4 is 15.8 Å². The number of nitrogens with one attached hydrogen (secondary N) is 1. The SMILES string of the molecule is C=O.O=C1CCC(N2Cc3[c-]cccc3C2=O)C(=O)C1.[C-]#[N+]/C(=C\CN(C)CCOCCNC([CH2-])=O)C(=O)N1CCC[C@H]1Cn1nc(-c2ccc(Oc3ccccc3)cc2F)c2c(N)ncnc21.[Y]. The number of likely N-dealkylation sites (N-methyl/N-ethyl adjacent to an activating group) is 1. The predicted octanol–water partition coefficient (Wildman–Crippen LogP) is 4.65. The number of benzene rings is 3. The first kappa shape index (κ1) is 53.2. The van der Waals surface area contributed by atoms with E-state index in [2.05, 4.69) is 33.1 Å². The number of amides is 3. The van der Waals surface area contributed by atoms with E-state index in [1.165, 1.54) is 12.4 Å². The van der Waals surface area contributed by atoms with Crippen LogP contribution >= 0.6 is 0 Å². The molecular formula is C49H51FN10O8Y-2. The Bertz CT molecular complexity index is 2710. The molecule has 69 heavy (non-hydrogen) atoms. The van der Waals surface area contributed by atoms with Gasteiger partial charge in [-0.1, -0.05) is 29.8 Å². The molecule has 2 aliphatic heterocycles. The molecule has 5 aromatic rings. The molecule has 0 bridgehead atoms. The second-order valence-corrected chi connectivity index (χ2v) is 16.0. The third-order valence-electron chi connectivity index (χ3n) is 11.5. The standard InChI is InChI=1S/C34H37FN9O4.C14H12NO3.CH2O.Y/c1-23(45)38-14-18-47-19-17-42(3)16-13-29(37-2)34(46)43-15-7-8-24(43)21-44-33-30(32(36)39-22-40-33)31(41-44)27-12-11-26(20-28(27)35)48-25-9-5-4-6-10-25;16-10-5-6-12(13(17)7-10)15-8-9-3-1-2-4-11(9)14(15)18;1-2;/h4-6,9-13,20,22,24H,1,7-8,14-19,21H2,3H3,(H,38,45)(H2,36,39,40);1-2,4,12H,5-8H2;1H2;/q2*-1;;/b29-13-;;;/t24-;;;/m0.../s1. The van der Waals surface area contributed by atoms with Crippen LogP contribution in [0.25, 0.3) is 27.1 Å². The second kappa shape index (κ2) is 25.6. The third kappa shape index (κ3) is 13.5. The number of carbonyl (C=O) groups is 6. The van der Waals surface area contributed by atoms with Gasteiger partial charge in [0.15, 0.2) is 17.3 Å². The van der Waals surface area contributed by atoms with Gasteiger partial charge in [-0.25, -0.2) is 23.9 Å². The molecule has 8 rings (SSSR count). The number of nitrogens with zero attached hydrogens (tertiary/aromatic N) is 8. The number of likely N-dealkylation sites (tertiary alicyclic amines) is 1. The van der Waals surface area contributed by atoms with Crippen LogP contribution in [-0.2, 0) is 74.5 Å². The van der Waals surface area contributed by atoms with Crippen LogP contribution in [0, 0.1) is 25.4 Å². The van der Waals surface area contributed by atoms with Crippen molar-refractivity contribution in [3.63, 3.8) is 0 Å². The van der Waals surface area contributed by atoms with E-state index >= 15 is 4.39 Å². The molecule has 0 spiro atoms. The van der Waals surface area contributed by atoms with Crippen LogP contribution in [0.3, 0.4) is 0 Å². The smallest absolute Gasteiger partial charge is 0.252 e. The Morgan fingerprint density at radius 1 is 1.07 bits per heavy atom. The van der Waals surface area contributed by atoms with Crippen LogP contribution in [0.4, 0.5) is 10.2 Å². The summed E-state index contributed by atoms with van der Waals surface area (Å²) in [5, 5.41) is 7.70. The summed E-state index contributed by atoms with van der Waals surface area (Å²) in [5.74, 6) is -0.471. The number of ether oxygens (including phenoxy) is 2. The van der Waals surface area contributed by atoms with E-state index in [-0.39, 0.29) is 104 Å². The fourth-order valence-corrected chi connectivity index (χ4v) is 8.10. The van der Waals surface area contributed by atoms with E-state index in [4.69, 9.17) is 31.7 Å². The predicted molar refractivity (Wildman–Crippen MR) is 248 cm³/mol. The summed E-state index contributed by atoms with van der Waals surface area (Å²) in [7, 11) is 1.86. The first-order valence-corrected chi connectivity index (χ1v) is 21.8. The average molecular weight is 1020 g/mol. The van der Waals surface area contributed by atoms with Crippen LogP contribution in [0.5, 0.6) is 11.5 Å². The fraction of sp³-hybridized carbons (Fsp3) is 0.327. The van der Waals surface area contributed by atoms with Gasteiger partial charge in [-0.2, -0.15) is 29.4 Å². The van der Waals surface area contributed by atoms with Gasteiger partial charge in [-0.05, 0) is 50.6 Å². The first-order chi connectivity index (χ1) is 32.9. The number of hydrogen-bond donors (Lipinski definition) is 2. The molecule has 2 fully saturated rings. The van der Waals surface area contributed by atoms with Gasteiger partial charge in [0.25, 0.3) is 5.91 Å². The average Bonchev–Trinajstić information content (AvgIpc) is 4.05. The number of nitrogens with two attached hydrogens (primary N) is 1. The van der Waals surface area contributed by atoms with Crippen LogP contribution in [-0.4, -0.2) is 129 Å². The van der Waals surface area contributed by atoms with E-state index in [1.54, 1.807) is 63.0 Å². The van der Waals surface area contributed by atoms with Gasteiger partial charge in [-0.3, -0.25) is 19.2 Å². The van der Waals surface area contributed by atoms with Crippen molar-refractivity contribution in [3.05, 3.63) is 126 Å². The second-order valence-electron chi connectivity index (χ2n) is 16.0. The zero-order valence-electron chi connectivity index (χ0n) is 38.1. The quantitative estimate of drug-likeness (QED) is 0.0633. The summed E-state index contributed by atoms with van der Waals surface area (Å²) < 4.78 is 28.5. The van der Waals surface area contributed by atoms with Crippen molar-refractivity contribution in [2.24, 2.45) is 0 Å². The van der Waals surface area contributed by atoms with E-state index in [1.807, 2.05) is 36.9 Å². The summed E-state index contributed by atoms with van der Waals surface area (Å²) in [4.78, 5) is 84.9. The molecule has 1 unspecified atom stereocenters. The van der Waals surface area contributed by atoms with Crippen molar-refractivity contribution in [2.45, 2.75) is 57.3 Å².